The molecule has 2 aromatic rings. The Morgan fingerprint density at radius 3 is 2.70 bits per heavy atom. The van der Waals surface area contributed by atoms with Crippen molar-refractivity contribution in [2.75, 3.05) is 18.0 Å². The second kappa shape index (κ2) is 9.61. The topological polar surface area (TPSA) is 104 Å². The summed E-state index contributed by atoms with van der Waals surface area (Å²) in [7, 11) is 0. The van der Waals surface area contributed by atoms with E-state index in [-0.39, 0.29) is 17.9 Å². The molecule has 0 aliphatic carbocycles. The molecule has 5 rings (SSSR count). The lowest BCUT2D eigenvalue weighted by atomic mass is 9.99. The Hall–Kier alpha value is -3.74. The summed E-state index contributed by atoms with van der Waals surface area (Å²) < 4.78 is 41.4. The molecule has 0 radical (unpaired) electrons. The number of likely N-dealkylation sites (tertiary alicyclic amines) is 1. The number of ether oxygens (including phenoxy) is 1. The third-order valence-electron chi connectivity index (χ3n) is 6.35. The van der Waals surface area contributed by atoms with Crippen LogP contribution in [0.2, 0.25) is 0 Å². The van der Waals surface area contributed by atoms with E-state index in [1.54, 1.807) is 11.0 Å². The van der Waals surface area contributed by atoms with E-state index in [0.29, 0.717) is 35.1 Å². The van der Waals surface area contributed by atoms with E-state index >= 15 is 0 Å². The number of anilines is 2. The van der Waals surface area contributed by atoms with Crippen molar-refractivity contribution in [3.8, 4) is 5.75 Å². The fourth-order valence-electron chi connectivity index (χ4n) is 4.79. The van der Waals surface area contributed by atoms with Crippen molar-refractivity contribution in [1.82, 2.24) is 20.5 Å². The number of pyridine rings is 1. The number of hydrogen-bond acceptors (Lipinski definition) is 6. The number of carbonyl (C=O) groups excluding carboxylic acids is 3. The zero-order chi connectivity index (χ0) is 26.3. The first-order chi connectivity index (χ1) is 17.6. The van der Waals surface area contributed by atoms with E-state index < -0.39 is 29.4 Å². The first-order valence-corrected chi connectivity index (χ1v) is 12.4. The van der Waals surface area contributed by atoms with Gasteiger partial charge >= 0.3 is 12.4 Å². The van der Waals surface area contributed by atoms with Crippen LogP contribution in [0.3, 0.4) is 0 Å². The molecular formula is C24H22F3N5O4S. The molecule has 0 saturated carbocycles. The lowest BCUT2D eigenvalue weighted by Crippen LogP contribution is -2.53. The van der Waals surface area contributed by atoms with Crippen LogP contribution >= 0.6 is 11.8 Å². The van der Waals surface area contributed by atoms with E-state index in [1.807, 2.05) is 0 Å². The number of carbonyl (C=O) groups is 3. The maximum atomic E-state index is 13.3. The van der Waals surface area contributed by atoms with Crippen LogP contribution in [0.25, 0.3) is 0 Å². The van der Waals surface area contributed by atoms with Crippen molar-refractivity contribution < 1.29 is 32.3 Å². The minimum absolute atomic E-state index is 0.187. The molecule has 37 heavy (non-hydrogen) atoms. The van der Waals surface area contributed by atoms with Gasteiger partial charge in [0.2, 0.25) is 11.8 Å². The van der Waals surface area contributed by atoms with Crippen LogP contribution in [0.5, 0.6) is 5.75 Å². The number of nitrogens with zero attached hydrogens (tertiary/aromatic N) is 3. The van der Waals surface area contributed by atoms with Crippen molar-refractivity contribution in [1.29, 1.82) is 0 Å². The molecule has 4 heterocycles. The highest BCUT2D eigenvalue weighted by molar-refractivity contribution is 8.01. The van der Waals surface area contributed by atoms with Crippen molar-refractivity contribution in [3.63, 3.8) is 0 Å². The average molecular weight is 534 g/mol. The number of nitrogens with one attached hydrogen (secondary N) is 2. The molecule has 1 saturated heterocycles. The number of halogens is 3. The van der Waals surface area contributed by atoms with Gasteiger partial charge in [-0.3, -0.25) is 14.5 Å². The normalized spacial score (nSPS) is 22.7. The van der Waals surface area contributed by atoms with Gasteiger partial charge in [0.15, 0.2) is 0 Å². The van der Waals surface area contributed by atoms with Gasteiger partial charge in [0, 0.05) is 30.9 Å². The van der Waals surface area contributed by atoms with Gasteiger partial charge in [-0.25, -0.2) is 9.78 Å². The van der Waals surface area contributed by atoms with Gasteiger partial charge in [-0.15, -0.1) is 13.2 Å². The quantitative estimate of drug-likeness (QED) is 0.569. The largest absolute Gasteiger partial charge is 0.573 e. The molecule has 0 spiro atoms. The summed E-state index contributed by atoms with van der Waals surface area (Å²) in [5, 5.41) is 5.77. The first kappa shape index (κ1) is 24.9. The first-order valence-electron chi connectivity index (χ1n) is 11.5. The van der Waals surface area contributed by atoms with E-state index in [4.69, 9.17) is 0 Å². The summed E-state index contributed by atoms with van der Waals surface area (Å²) in [4.78, 5) is 45.8. The van der Waals surface area contributed by atoms with Gasteiger partial charge in [0.25, 0.3) is 0 Å². The van der Waals surface area contributed by atoms with Crippen molar-refractivity contribution in [3.05, 3.63) is 54.7 Å². The van der Waals surface area contributed by atoms with Crippen molar-refractivity contribution >= 4 is 41.0 Å². The highest BCUT2D eigenvalue weighted by Crippen LogP contribution is 2.50. The second-order valence-corrected chi connectivity index (χ2v) is 9.86. The number of aromatic nitrogens is 1. The van der Waals surface area contributed by atoms with E-state index in [0.717, 1.165) is 25.0 Å². The van der Waals surface area contributed by atoms with Crippen LogP contribution in [0, 0.1) is 0 Å². The second-order valence-electron chi connectivity index (χ2n) is 8.73. The number of piperidine rings is 1. The minimum Gasteiger partial charge on any atom is -0.406 e. The Morgan fingerprint density at radius 2 is 2.00 bits per heavy atom. The van der Waals surface area contributed by atoms with Crippen molar-refractivity contribution in [2.45, 2.75) is 41.6 Å². The van der Waals surface area contributed by atoms with Gasteiger partial charge in [-0.2, -0.15) is 0 Å². The SMILES string of the molecule is C=CC(=O)N1CCCC(NC(=O)[C@@H]2Sc3nccc4c3C2NC(=O)N4c2ccc(OC(F)(F)F)cc2)C1. The van der Waals surface area contributed by atoms with Crippen LogP contribution in [0.4, 0.5) is 29.3 Å². The third-order valence-corrected chi connectivity index (χ3v) is 7.64. The summed E-state index contributed by atoms with van der Waals surface area (Å²) >= 11 is 1.23. The van der Waals surface area contributed by atoms with Crippen LogP contribution in [-0.2, 0) is 9.59 Å². The lowest BCUT2D eigenvalue weighted by molar-refractivity contribution is -0.274. The zero-order valence-corrected chi connectivity index (χ0v) is 20.1. The summed E-state index contributed by atoms with van der Waals surface area (Å²) in [6.07, 6.45) is -0.588. The van der Waals surface area contributed by atoms with Gasteiger partial charge in [-0.05, 0) is 49.2 Å². The monoisotopic (exact) mass is 533 g/mol. The maximum Gasteiger partial charge on any atom is 0.573 e. The summed E-state index contributed by atoms with van der Waals surface area (Å²) in [5.74, 6) is -0.873. The number of rotatable bonds is 5. The Kier molecular flexibility index (Phi) is 6.48. The van der Waals surface area contributed by atoms with Gasteiger partial charge < -0.3 is 20.3 Å². The lowest BCUT2D eigenvalue weighted by Gasteiger charge is -2.35. The Bertz CT molecular complexity index is 1260. The average Bonchev–Trinajstić information content (AvgIpc) is 3.23. The van der Waals surface area contributed by atoms with Crippen molar-refractivity contribution in [2.24, 2.45) is 0 Å². The molecule has 9 nitrogen and oxygen atoms in total. The highest BCUT2D eigenvalue weighted by Gasteiger charge is 2.47. The molecule has 4 amide bonds. The number of benzene rings is 1. The number of alkyl halides is 3. The van der Waals surface area contributed by atoms with Crippen LogP contribution < -0.4 is 20.3 Å². The number of thioether (sulfide) groups is 1. The molecule has 2 unspecified atom stereocenters. The third kappa shape index (κ3) is 4.95. The van der Waals surface area contributed by atoms with Gasteiger partial charge in [0.1, 0.15) is 16.0 Å². The number of urea groups is 1. The molecule has 1 aromatic carbocycles. The zero-order valence-electron chi connectivity index (χ0n) is 19.3. The van der Waals surface area contributed by atoms with E-state index in [9.17, 15) is 27.6 Å². The molecule has 13 heteroatoms. The fraction of sp³-hybridized carbons (Fsp3) is 0.333. The fourth-order valence-corrected chi connectivity index (χ4v) is 6.02. The van der Waals surface area contributed by atoms with Crippen LogP contribution in [-0.4, -0.2) is 58.5 Å². The summed E-state index contributed by atoms with van der Waals surface area (Å²) in [6, 6.07) is 5.17. The molecule has 3 aliphatic heterocycles. The highest BCUT2D eigenvalue weighted by atomic mass is 32.2. The number of hydrogen-bond donors (Lipinski definition) is 2. The Balaban J connectivity index is 1.35. The number of amides is 4. The van der Waals surface area contributed by atoms with E-state index in [2.05, 4.69) is 26.9 Å². The summed E-state index contributed by atoms with van der Waals surface area (Å²) in [6.45, 7) is 4.49. The molecule has 3 aliphatic rings. The molecular weight excluding hydrogens is 511 g/mol. The summed E-state index contributed by atoms with van der Waals surface area (Å²) in [5.41, 5.74) is 1.48. The minimum atomic E-state index is -4.83. The molecule has 2 N–H and O–H groups in total. The standard InChI is InChI=1S/C24H22F3N5O4S/c1-2-17(33)31-11-3-4-13(12-31)29-21(34)20-19-18-16(9-10-28-22(18)37-20)32(23(35)30-19)14-5-7-15(8-6-14)36-24(25,26)27/h2,5-10,13,19-20H,1,3-4,11-12H2,(H,29,34)(H,30,35)/t13?,19?,20-/m1/s1. The van der Waals surface area contributed by atoms with Gasteiger partial charge in [0.05, 0.1) is 17.4 Å². The molecule has 194 valence electrons. The molecule has 0 bridgehead atoms. The van der Waals surface area contributed by atoms with Crippen LogP contribution in [0.15, 0.2) is 54.2 Å². The van der Waals surface area contributed by atoms with E-state index in [1.165, 1.54) is 41.1 Å². The smallest absolute Gasteiger partial charge is 0.406 e. The molecule has 3 atom stereocenters. The Labute approximate surface area is 214 Å². The predicted molar refractivity (Wildman–Crippen MR) is 128 cm³/mol. The molecule has 1 aromatic heterocycles. The predicted octanol–water partition coefficient (Wildman–Crippen LogP) is 3.65. The Morgan fingerprint density at radius 1 is 1.24 bits per heavy atom. The molecule has 1 fully saturated rings. The van der Waals surface area contributed by atoms with Gasteiger partial charge in [-0.1, -0.05) is 18.3 Å². The van der Waals surface area contributed by atoms with Crippen LogP contribution in [0.1, 0.15) is 24.4 Å². The maximum absolute atomic E-state index is 13.3.